The molecule has 0 spiro atoms. The van der Waals surface area contributed by atoms with Crippen LogP contribution in [0, 0.1) is 5.82 Å². The minimum Gasteiger partial charge on any atom is -0.476 e. The number of carboxylic acids is 1. The van der Waals surface area contributed by atoms with Gasteiger partial charge in [-0.3, -0.25) is 0 Å². The van der Waals surface area contributed by atoms with Crippen molar-refractivity contribution in [3.05, 3.63) is 41.5 Å². The third-order valence-corrected chi connectivity index (χ3v) is 2.52. The van der Waals surface area contributed by atoms with Crippen molar-refractivity contribution in [1.29, 1.82) is 0 Å². The van der Waals surface area contributed by atoms with Gasteiger partial charge in [0.1, 0.15) is 5.82 Å². The van der Waals surface area contributed by atoms with E-state index in [1.54, 1.807) is 0 Å². The highest BCUT2D eigenvalue weighted by atomic mass is 19.1. The maximum Gasteiger partial charge on any atom is 0.358 e. The van der Waals surface area contributed by atoms with Crippen LogP contribution in [0.5, 0.6) is 0 Å². The molecule has 0 unspecified atom stereocenters. The van der Waals surface area contributed by atoms with Crippen LogP contribution in [0.2, 0.25) is 0 Å². The standard InChI is InChI=1S/C12H12FN3O2/c1-2-3-10-11(12(17)18)14-15-16(10)9-6-4-8(13)5-7-9/h4-7H,2-3H2,1H3,(H,17,18). The third kappa shape index (κ3) is 2.22. The molecule has 0 atom stereocenters. The maximum atomic E-state index is 12.8. The van der Waals surface area contributed by atoms with Crippen molar-refractivity contribution >= 4 is 5.97 Å². The number of hydrogen-bond donors (Lipinski definition) is 1. The maximum absolute atomic E-state index is 12.8. The Kier molecular flexibility index (Phi) is 3.36. The molecule has 94 valence electrons. The molecule has 1 N–H and O–H groups in total. The molecule has 0 saturated heterocycles. The van der Waals surface area contributed by atoms with E-state index in [2.05, 4.69) is 10.3 Å². The summed E-state index contributed by atoms with van der Waals surface area (Å²) in [5, 5.41) is 16.5. The Morgan fingerprint density at radius 2 is 2.06 bits per heavy atom. The van der Waals surface area contributed by atoms with E-state index in [0.717, 1.165) is 6.42 Å². The second-order valence-electron chi connectivity index (χ2n) is 3.83. The number of halogens is 1. The normalized spacial score (nSPS) is 10.6. The number of aromatic nitrogens is 3. The molecule has 1 aromatic heterocycles. The van der Waals surface area contributed by atoms with Crippen LogP contribution in [-0.2, 0) is 6.42 Å². The van der Waals surface area contributed by atoms with Gasteiger partial charge in [0.25, 0.3) is 0 Å². The van der Waals surface area contributed by atoms with Crippen LogP contribution < -0.4 is 0 Å². The molecule has 0 aliphatic carbocycles. The highest BCUT2D eigenvalue weighted by Crippen LogP contribution is 2.15. The minimum atomic E-state index is -1.10. The number of carboxylic acid groups (broad SMARTS) is 1. The van der Waals surface area contributed by atoms with Gasteiger partial charge in [0.15, 0.2) is 5.69 Å². The Morgan fingerprint density at radius 3 is 2.61 bits per heavy atom. The fourth-order valence-electron chi connectivity index (χ4n) is 1.72. The number of hydrogen-bond acceptors (Lipinski definition) is 3. The van der Waals surface area contributed by atoms with Crippen LogP contribution >= 0.6 is 0 Å². The number of aromatic carboxylic acids is 1. The van der Waals surface area contributed by atoms with Crippen molar-refractivity contribution in [2.75, 3.05) is 0 Å². The zero-order valence-corrected chi connectivity index (χ0v) is 9.80. The van der Waals surface area contributed by atoms with Gasteiger partial charge >= 0.3 is 5.97 Å². The molecule has 1 aromatic carbocycles. The number of nitrogens with zero attached hydrogens (tertiary/aromatic N) is 3. The van der Waals surface area contributed by atoms with E-state index < -0.39 is 5.97 Å². The van der Waals surface area contributed by atoms with Gasteiger partial charge in [0.2, 0.25) is 0 Å². The molecule has 0 amide bonds. The largest absolute Gasteiger partial charge is 0.476 e. The first-order chi connectivity index (χ1) is 8.63. The van der Waals surface area contributed by atoms with Crippen LogP contribution in [0.4, 0.5) is 4.39 Å². The van der Waals surface area contributed by atoms with Gasteiger partial charge in [-0.1, -0.05) is 18.6 Å². The van der Waals surface area contributed by atoms with E-state index in [0.29, 0.717) is 17.8 Å². The summed E-state index contributed by atoms with van der Waals surface area (Å²) in [7, 11) is 0. The van der Waals surface area contributed by atoms with Crippen LogP contribution in [0.3, 0.4) is 0 Å². The molecule has 0 aliphatic heterocycles. The van der Waals surface area contributed by atoms with E-state index in [1.165, 1.54) is 28.9 Å². The smallest absolute Gasteiger partial charge is 0.358 e. The van der Waals surface area contributed by atoms with Gasteiger partial charge in [-0.05, 0) is 30.7 Å². The topological polar surface area (TPSA) is 68.0 Å². The third-order valence-electron chi connectivity index (χ3n) is 2.52. The molecule has 0 bridgehead atoms. The van der Waals surface area contributed by atoms with Gasteiger partial charge in [-0.2, -0.15) is 0 Å². The quantitative estimate of drug-likeness (QED) is 0.900. The number of benzene rings is 1. The first kappa shape index (κ1) is 12.2. The van der Waals surface area contributed by atoms with Gasteiger partial charge in [-0.25, -0.2) is 13.9 Å². The van der Waals surface area contributed by atoms with Gasteiger partial charge in [0, 0.05) is 0 Å². The van der Waals surface area contributed by atoms with Gasteiger partial charge in [0.05, 0.1) is 11.4 Å². The fraction of sp³-hybridized carbons (Fsp3) is 0.250. The Morgan fingerprint density at radius 1 is 1.39 bits per heavy atom. The molecule has 5 nitrogen and oxygen atoms in total. The monoisotopic (exact) mass is 249 g/mol. The average Bonchev–Trinajstić information content (AvgIpc) is 2.74. The predicted molar refractivity (Wildman–Crippen MR) is 62.3 cm³/mol. The molecule has 0 saturated carbocycles. The summed E-state index contributed by atoms with van der Waals surface area (Å²) in [6, 6.07) is 5.67. The van der Waals surface area contributed by atoms with Crippen molar-refractivity contribution in [2.24, 2.45) is 0 Å². The molecule has 1 heterocycles. The van der Waals surface area contributed by atoms with Crippen LogP contribution in [0.25, 0.3) is 5.69 Å². The molecule has 0 fully saturated rings. The SMILES string of the molecule is CCCc1c(C(=O)O)nnn1-c1ccc(F)cc1. The van der Waals surface area contributed by atoms with Gasteiger partial charge < -0.3 is 5.11 Å². The minimum absolute atomic E-state index is 0.0545. The Bertz CT molecular complexity index is 563. The van der Waals surface area contributed by atoms with Crippen LogP contribution in [-0.4, -0.2) is 26.1 Å². The summed E-state index contributed by atoms with van der Waals surface area (Å²) in [5.41, 5.74) is 1.07. The molecule has 0 aliphatic rings. The lowest BCUT2D eigenvalue weighted by atomic mass is 10.2. The first-order valence-electron chi connectivity index (χ1n) is 5.57. The summed E-state index contributed by atoms with van der Waals surface area (Å²) in [6.07, 6.45) is 1.32. The average molecular weight is 249 g/mol. The van der Waals surface area contributed by atoms with E-state index >= 15 is 0 Å². The van der Waals surface area contributed by atoms with E-state index in [4.69, 9.17) is 5.11 Å². The Labute approximate surface area is 103 Å². The van der Waals surface area contributed by atoms with Crippen molar-refractivity contribution in [1.82, 2.24) is 15.0 Å². The molecular formula is C12H12FN3O2. The lowest BCUT2D eigenvalue weighted by Crippen LogP contribution is -2.06. The van der Waals surface area contributed by atoms with Crippen molar-refractivity contribution < 1.29 is 14.3 Å². The first-order valence-corrected chi connectivity index (χ1v) is 5.57. The van der Waals surface area contributed by atoms with Crippen molar-refractivity contribution in [2.45, 2.75) is 19.8 Å². The summed E-state index contributed by atoms with van der Waals surface area (Å²) in [4.78, 5) is 11.0. The number of rotatable bonds is 4. The molecule has 6 heteroatoms. The van der Waals surface area contributed by atoms with Crippen molar-refractivity contribution in [3.8, 4) is 5.69 Å². The zero-order chi connectivity index (χ0) is 13.1. The summed E-state index contributed by atoms with van der Waals surface area (Å²) < 4.78 is 14.3. The van der Waals surface area contributed by atoms with E-state index in [9.17, 15) is 9.18 Å². The summed E-state index contributed by atoms with van der Waals surface area (Å²) >= 11 is 0. The molecular weight excluding hydrogens is 237 g/mol. The number of carbonyl (C=O) groups is 1. The lowest BCUT2D eigenvalue weighted by Gasteiger charge is -2.05. The molecule has 2 rings (SSSR count). The zero-order valence-electron chi connectivity index (χ0n) is 9.80. The lowest BCUT2D eigenvalue weighted by molar-refractivity contribution is 0.0689. The molecule has 0 radical (unpaired) electrons. The van der Waals surface area contributed by atoms with Gasteiger partial charge in [-0.15, -0.1) is 5.10 Å². The highest BCUT2D eigenvalue weighted by Gasteiger charge is 2.18. The fourth-order valence-corrected chi connectivity index (χ4v) is 1.72. The predicted octanol–water partition coefficient (Wildman–Crippen LogP) is 2.06. The second-order valence-corrected chi connectivity index (χ2v) is 3.83. The van der Waals surface area contributed by atoms with E-state index in [-0.39, 0.29) is 11.5 Å². The van der Waals surface area contributed by atoms with Crippen LogP contribution in [0.15, 0.2) is 24.3 Å². The van der Waals surface area contributed by atoms with Crippen LogP contribution in [0.1, 0.15) is 29.5 Å². The second kappa shape index (κ2) is 4.95. The highest BCUT2D eigenvalue weighted by molar-refractivity contribution is 5.86. The molecule has 2 aromatic rings. The van der Waals surface area contributed by atoms with Crippen molar-refractivity contribution in [3.63, 3.8) is 0 Å². The Balaban J connectivity index is 2.50. The van der Waals surface area contributed by atoms with E-state index in [1.807, 2.05) is 6.92 Å². The Hall–Kier alpha value is -2.24. The summed E-state index contributed by atoms with van der Waals surface area (Å²) in [6.45, 7) is 1.94. The summed E-state index contributed by atoms with van der Waals surface area (Å²) in [5.74, 6) is -1.46. The molecule has 18 heavy (non-hydrogen) atoms.